The molecular formula is C20H28BN3O5. The van der Waals surface area contributed by atoms with Crippen LogP contribution in [0.25, 0.3) is 0 Å². The monoisotopic (exact) mass is 401 g/mol. The molecule has 9 heteroatoms. The third-order valence-corrected chi connectivity index (χ3v) is 5.10. The number of rotatable bonds is 11. The van der Waals surface area contributed by atoms with Crippen LogP contribution in [0.4, 0.5) is 0 Å². The SMILES string of the molecule is CCOC(=O)C[C@H](CCCN1C(=O)[C@@H](N=CB=O)C[C@H]1C)c1ccc(OC)nc1. The van der Waals surface area contributed by atoms with Crippen LogP contribution in [0.3, 0.4) is 0 Å². The van der Waals surface area contributed by atoms with Gasteiger partial charge in [-0.2, -0.15) is 0 Å². The summed E-state index contributed by atoms with van der Waals surface area (Å²) in [6, 6.07) is 3.28. The standard InChI is InChI=1S/C20H28BN3O5/c1-4-29-19(25)11-15(16-7-8-18(28-3)22-12-16)6-5-9-24-14(2)10-17(20(24)26)23-13-21-27/h7-8,12-15,17H,4-6,9-11H2,1-3H3/t14-,15+,17+/m1/s1. The Labute approximate surface area is 171 Å². The number of likely N-dealkylation sites (tertiary alicyclic amines) is 1. The van der Waals surface area contributed by atoms with Crippen molar-refractivity contribution >= 4 is 25.1 Å². The molecule has 1 amide bonds. The molecular weight excluding hydrogens is 373 g/mol. The zero-order chi connectivity index (χ0) is 21.2. The number of aliphatic imine (C=N–C) groups is 1. The van der Waals surface area contributed by atoms with E-state index in [-0.39, 0.29) is 30.3 Å². The number of amides is 1. The average Bonchev–Trinajstić information content (AvgIpc) is 2.99. The predicted octanol–water partition coefficient (Wildman–Crippen LogP) is 1.97. The second kappa shape index (κ2) is 11.4. The fourth-order valence-corrected chi connectivity index (χ4v) is 3.62. The van der Waals surface area contributed by atoms with Crippen molar-refractivity contribution in [2.75, 3.05) is 20.3 Å². The molecule has 156 valence electrons. The Morgan fingerprint density at radius 2 is 2.28 bits per heavy atom. The van der Waals surface area contributed by atoms with E-state index in [4.69, 9.17) is 9.47 Å². The van der Waals surface area contributed by atoms with Gasteiger partial charge in [-0.1, -0.05) is 0 Å². The number of nitrogens with zero attached hydrogens (tertiary/aromatic N) is 3. The van der Waals surface area contributed by atoms with E-state index in [1.54, 1.807) is 31.2 Å². The molecule has 1 aromatic heterocycles. The summed E-state index contributed by atoms with van der Waals surface area (Å²) in [5, 5.41) is 0. The maximum atomic E-state index is 12.5. The van der Waals surface area contributed by atoms with Crippen molar-refractivity contribution < 1.29 is 23.8 Å². The van der Waals surface area contributed by atoms with E-state index < -0.39 is 6.04 Å². The molecule has 0 aromatic carbocycles. The third-order valence-electron chi connectivity index (χ3n) is 5.10. The van der Waals surface area contributed by atoms with E-state index in [2.05, 4.69) is 9.98 Å². The molecule has 29 heavy (non-hydrogen) atoms. The number of hydrogen-bond donors (Lipinski definition) is 0. The van der Waals surface area contributed by atoms with Gasteiger partial charge in [0.15, 0.2) is 0 Å². The topological polar surface area (TPSA) is 98.2 Å². The number of pyridine rings is 1. The van der Waals surface area contributed by atoms with Gasteiger partial charge in [-0.25, -0.2) is 0 Å². The quantitative estimate of drug-likeness (QED) is 0.320. The van der Waals surface area contributed by atoms with Crippen molar-refractivity contribution in [1.29, 1.82) is 0 Å². The molecule has 0 bridgehead atoms. The normalized spacial score (nSPS) is 20.0. The van der Waals surface area contributed by atoms with Gasteiger partial charge in [-0.15, -0.1) is 0 Å². The summed E-state index contributed by atoms with van der Waals surface area (Å²) in [4.78, 5) is 34.6. The fourth-order valence-electron chi connectivity index (χ4n) is 3.62. The molecule has 0 N–H and O–H groups in total. The number of methoxy groups -OCH3 is 1. The molecule has 8 nitrogen and oxygen atoms in total. The number of carbonyl (C=O) groups is 2. The van der Waals surface area contributed by atoms with Gasteiger partial charge in [0, 0.05) is 0 Å². The van der Waals surface area contributed by atoms with Crippen LogP contribution in [0, 0.1) is 0 Å². The predicted molar refractivity (Wildman–Crippen MR) is 109 cm³/mol. The molecule has 2 rings (SSSR count). The van der Waals surface area contributed by atoms with Crippen molar-refractivity contribution in [3.05, 3.63) is 23.9 Å². The van der Waals surface area contributed by atoms with Crippen LogP contribution in [-0.2, 0) is 19.0 Å². The first-order chi connectivity index (χ1) is 14.0. The minimum atomic E-state index is -0.476. The maximum absolute atomic E-state index is 12.5. The Bertz CT molecular complexity index is 725. The first kappa shape index (κ1) is 22.7. The molecule has 0 saturated carbocycles. The van der Waals surface area contributed by atoms with Crippen molar-refractivity contribution in [1.82, 2.24) is 9.88 Å². The molecule has 1 aliphatic heterocycles. The summed E-state index contributed by atoms with van der Waals surface area (Å²) < 4.78 is 20.7. The zero-order valence-electron chi connectivity index (χ0n) is 17.2. The van der Waals surface area contributed by atoms with Crippen LogP contribution in [0.1, 0.15) is 51.0 Å². The summed E-state index contributed by atoms with van der Waals surface area (Å²) in [6.45, 7) is 4.69. The number of esters is 1. The Morgan fingerprint density at radius 3 is 2.90 bits per heavy atom. The van der Waals surface area contributed by atoms with Gasteiger partial charge in [0.1, 0.15) is 0 Å². The van der Waals surface area contributed by atoms with Gasteiger partial charge in [0.25, 0.3) is 0 Å². The number of hydrogen-bond acceptors (Lipinski definition) is 7. The molecule has 1 aliphatic rings. The van der Waals surface area contributed by atoms with Crippen LogP contribution in [0.15, 0.2) is 23.3 Å². The minimum absolute atomic E-state index is 0.0515. The van der Waals surface area contributed by atoms with E-state index in [0.29, 0.717) is 39.0 Å². The van der Waals surface area contributed by atoms with Crippen molar-refractivity contribution in [2.45, 2.75) is 57.5 Å². The van der Waals surface area contributed by atoms with Gasteiger partial charge in [-0.05, 0) is 6.92 Å². The van der Waals surface area contributed by atoms with Crippen molar-refractivity contribution in [3.8, 4) is 5.88 Å². The van der Waals surface area contributed by atoms with Gasteiger partial charge in [0.05, 0.1) is 13.7 Å². The average molecular weight is 401 g/mol. The van der Waals surface area contributed by atoms with Gasteiger partial charge in [0.2, 0.25) is 5.88 Å². The van der Waals surface area contributed by atoms with Crippen LogP contribution in [0.2, 0.25) is 0 Å². The van der Waals surface area contributed by atoms with Crippen LogP contribution < -0.4 is 4.74 Å². The Hall–Kier alpha value is -2.58. The summed E-state index contributed by atoms with van der Waals surface area (Å²) >= 11 is 0. The number of carbonyl (C=O) groups excluding carboxylic acids is 2. The molecule has 0 unspecified atom stereocenters. The molecule has 1 aromatic rings. The third kappa shape index (κ3) is 6.47. The first-order valence-corrected chi connectivity index (χ1v) is 9.93. The summed E-state index contributed by atoms with van der Waals surface area (Å²) in [5.74, 6) is 0.164. The van der Waals surface area contributed by atoms with Crippen LogP contribution in [0.5, 0.6) is 5.88 Å². The Morgan fingerprint density at radius 1 is 1.48 bits per heavy atom. The van der Waals surface area contributed by atoms with E-state index in [9.17, 15) is 14.3 Å². The summed E-state index contributed by atoms with van der Waals surface area (Å²) in [7, 11) is 2.14. The van der Waals surface area contributed by atoms with E-state index in [0.717, 1.165) is 18.1 Å². The summed E-state index contributed by atoms with van der Waals surface area (Å²) in [6.07, 6.45) is 5.18. The molecule has 1 saturated heterocycles. The second-order valence-electron chi connectivity index (χ2n) is 7.05. The number of ether oxygens (including phenoxy) is 2. The molecule has 0 radical (unpaired) electrons. The molecule has 2 heterocycles. The van der Waals surface area contributed by atoms with E-state index in [1.807, 2.05) is 13.0 Å². The first-order valence-electron chi connectivity index (χ1n) is 9.93. The van der Waals surface area contributed by atoms with E-state index in [1.165, 1.54) is 0 Å². The molecule has 3 atom stereocenters. The second-order valence-corrected chi connectivity index (χ2v) is 7.05. The summed E-state index contributed by atoms with van der Waals surface area (Å²) in [5.41, 5.74) is 0.938. The van der Waals surface area contributed by atoms with Gasteiger partial charge >= 0.3 is 140 Å². The zero-order valence-corrected chi connectivity index (χ0v) is 17.2. The fraction of sp³-hybridized carbons (Fsp3) is 0.600. The van der Waals surface area contributed by atoms with Crippen molar-refractivity contribution in [3.63, 3.8) is 0 Å². The van der Waals surface area contributed by atoms with E-state index >= 15 is 0 Å². The van der Waals surface area contributed by atoms with Crippen molar-refractivity contribution in [2.24, 2.45) is 4.99 Å². The van der Waals surface area contributed by atoms with Gasteiger partial charge in [-0.3, -0.25) is 0 Å². The number of aromatic nitrogens is 1. The molecule has 0 aliphatic carbocycles. The van der Waals surface area contributed by atoms with Crippen LogP contribution >= 0.6 is 0 Å². The van der Waals surface area contributed by atoms with Gasteiger partial charge < -0.3 is 4.74 Å². The Kier molecular flexibility index (Phi) is 8.95. The molecule has 0 spiro atoms. The van der Waals surface area contributed by atoms with Crippen LogP contribution in [-0.4, -0.2) is 67.4 Å². The Balaban J connectivity index is 1.99. The molecule has 1 fully saturated rings.